The molecule has 3 aromatic rings. The number of aliphatic hydroxyl groups excluding tert-OH is 1. The van der Waals surface area contributed by atoms with Gasteiger partial charge in [0.15, 0.2) is 0 Å². The first kappa shape index (κ1) is 24.6. The maximum Gasteiger partial charge on any atom is 0.123 e. The van der Waals surface area contributed by atoms with Crippen LogP contribution in [0.5, 0.6) is 0 Å². The summed E-state index contributed by atoms with van der Waals surface area (Å²) in [7, 11) is 0. The molecule has 5 rings (SSSR count). The Balaban J connectivity index is 0.00000274. The summed E-state index contributed by atoms with van der Waals surface area (Å²) in [6, 6.07) is 17.6. The van der Waals surface area contributed by atoms with E-state index in [1.54, 1.807) is 30.3 Å². The number of likely N-dealkylation sites (tertiary alicyclic amines) is 1. The molecule has 0 amide bonds. The molecule has 3 nitrogen and oxygen atoms in total. The number of hydrogen-bond donors (Lipinski definition) is 1. The highest BCUT2D eigenvalue weighted by Gasteiger charge is 2.42. The Morgan fingerprint density at radius 1 is 0.882 bits per heavy atom. The Labute approximate surface area is 204 Å². The maximum atomic E-state index is 14.1. The van der Waals surface area contributed by atoms with Crippen LogP contribution in [-0.4, -0.2) is 35.7 Å². The summed E-state index contributed by atoms with van der Waals surface area (Å²) >= 11 is 0. The summed E-state index contributed by atoms with van der Waals surface area (Å²) in [4.78, 5) is 4.61. The SMILES string of the molecule is Cl.O[C@H](CCCN1CCC2C(C1)c1cc(F)ccc1N2c1ccc(F)cc1)c1ccc(F)cc1. The third-order valence-electron chi connectivity index (χ3n) is 6.95. The lowest BCUT2D eigenvalue weighted by Crippen LogP contribution is -2.45. The van der Waals surface area contributed by atoms with Crippen molar-refractivity contribution in [1.29, 1.82) is 0 Å². The second-order valence-corrected chi connectivity index (χ2v) is 9.02. The number of piperidine rings is 1. The Bertz CT molecular complexity index is 1110. The summed E-state index contributed by atoms with van der Waals surface area (Å²) < 4.78 is 40.7. The van der Waals surface area contributed by atoms with Crippen LogP contribution in [-0.2, 0) is 0 Å². The minimum Gasteiger partial charge on any atom is -0.388 e. The molecule has 1 saturated heterocycles. The van der Waals surface area contributed by atoms with E-state index in [1.165, 1.54) is 30.3 Å². The largest absolute Gasteiger partial charge is 0.388 e. The van der Waals surface area contributed by atoms with E-state index in [0.717, 1.165) is 55.0 Å². The molecule has 0 saturated carbocycles. The van der Waals surface area contributed by atoms with Crippen molar-refractivity contribution in [3.8, 4) is 0 Å². The number of fused-ring (bicyclic) bond motifs is 3. The van der Waals surface area contributed by atoms with Crippen molar-refractivity contribution in [1.82, 2.24) is 4.90 Å². The van der Waals surface area contributed by atoms with Crippen molar-refractivity contribution in [3.63, 3.8) is 0 Å². The van der Waals surface area contributed by atoms with E-state index in [1.807, 2.05) is 6.07 Å². The molecule has 0 bridgehead atoms. The van der Waals surface area contributed by atoms with Crippen LogP contribution in [0, 0.1) is 17.5 Å². The smallest absolute Gasteiger partial charge is 0.123 e. The number of halogens is 4. The number of benzene rings is 3. The highest BCUT2D eigenvalue weighted by atomic mass is 35.5. The topological polar surface area (TPSA) is 26.7 Å². The van der Waals surface area contributed by atoms with Crippen LogP contribution in [0.4, 0.5) is 24.5 Å². The zero-order chi connectivity index (χ0) is 22.9. The zero-order valence-electron chi connectivity index (χ0n) is 18.7. The third-order valence-corrected chi connectivity index (χ3v) is 6.95. The van der Waals surface area contributed by atoms with Gasteiger partial charge < -0.3 is 14.9 Å². The molecule has 2 aliphatic heterocycles. The van der Waals surface area contributed by atoms with Crippen LogP contribution in [0.3, 0.4) is 0 Å². The molecular weight excluding hydrogens is 461 g/mol. The second-order valence-electron chi connectivity index (χ2n) is 9.02. The van der Waals surface area contributed by atoms with Crippen LogP contribution in [0.1, 0.15) is 42.4 Å². The Kier molecular flexibility index (Phi) is 7.51. The van der Waals surface area contributed by atoms with Gasteiger partial charge in [-0.25, -0.2) is 13.2 Å². The van der Waals surface area contributed by atoms with Gasteiger partial charge in [-0.2, -0.15) is 0 Å². The van der Waals surface area contributed by atoms with E-state index in [9.17, 15) is 18.3 Å². The highest BCUT2D eigenvalue weighted by Crippen LogP contribution is 2.48. The fourth-order valence-electron chi connectivity index (χ4n) is 5.34. The second kappa shape index (κ2) is 10.4. The molecule has 3 aromatic carbocycles. The number of hydrogen-bond acceptors (Lipinski definition) is 3. The molecule has 1 fully saturated rings. The average Bonchev–Trinajstić information content (AvgIpc) is 3.13. The molecule has 0 spiro atoms. The van der Waals surface area contributed by atoms with Gasteiger partial charge in [0.25, 0.3) is 0 Å². The van der Waals surface area contributed by atoms with Gasteiger partial charge in [-0.15, -0.1) is 12.4 Å². The van der Waals surface area contributed by atoms with E-state index in [0.29, 0.717) is 6.42 Å². The van der Waals surface area contributed by atoms with Gasteiger partial charge in [-0.1, -0.05) is 12.1 Å². The molecule has 0 aliphatic carbocycles. The van der Waals surface area contributed by atoms with E-state index in [-0.39, 0.29) is 41.8 Å². The number of aliphatic hydroxyl groups is 1. The van der Waals surface area contributed by atoms with Gasteiger partial charge in [0.2, 0.25) is 0 Å². The van der Waals surface area contributed by atoms with Crippen molar-refractivity contribution in [2.75, 3.05) is 24.5 Å². The summed E-state index contributed by atoms with van der Waals surface area (Å²) in [5.74, 6) is -0.659. The molecule has 0 aromatic heterocycles. The third kappa shape index (κ3) is 4.95. The van der Waals surface area contributed by atoms with Crippen LogP contribution >= 0.6 is 12.4 Å². The van der Waals surface area contributed by atoms with E-state index >= 15 is 0 Å². The molecule has 1 N–H and O–H groups in total. The summed E-state index contributed by atoms with van der Waals surface area (Å²) in [6.45, 7) is 2.55. The van der Waals surface area contributed by atoms with Gasteiger partial charge in [-0.05, 0) is 91.5 Å². The Hall–Kier alpha value is -2.54. The molecule has 2 heterocycles. The first-order valence-electron chi connectivity index (χ1n) is 11.5. The minimum absolute atomic E-state index is 0. The van der Waals surface area contributed by atoms with Gasteiger partial charge in [-0.3, -0.25) is 0 Å². The lowest BCUT2D eigenvalue weighted by atomic mass is 9.88. The van der Waals surface area contributed by atoms with E-state index in [2.05, 4.69) is 9.80 Å². The summed E-state index contributed by atoms with van der Waals surface area (Å²) in [5, 5.41) is 10.4. The number of rotatable bonds is 6. The van der Waals surface area contributed by atoms with Crippen molar-refractivity contribution >= 4 is 23.8 Å². The fourth-order valence-corrected chi connectivity index (χ4v) is 5.34. The quantitative estimate of drug-likeness (QED) is 0.438. The summed E-state index contributed by atoms with van der Waals surface area (Å²) in [6.07, 6.45) is 1.72. The Morgan fingerprint density at radius 2 is 1.53 bits per heavy atom. The molecule has 3 atom stereocenters. The van der Waals surface area contributed by atoms with Crippen LogP contribution < -0.4 is 4.90 Å². The van der Waals surface area contributed by atoms with E-state index < -0.39 is 6.10 Å². The predicted octanol–water partition coefficient (Wildman–Crippen LogP) is 6.35. The first-order chi connectivity index (χ1) is 16.0. The fraction of sp³-hybridized carbons (Fsp3) is 0.333. The summed E-state index contributed by atoms with van der Waals surface area (Å²) in [5.41, 5.74) is 3.64. The van der Waals surface area contributed by atoms with Crippen LogP contribution in [0.15, 0.2) is 66.7 Å². The lowest BCUT2D eigenvalue weighted by Gasteiger charge is -2.39. The predicted molar refractivity (Wildman–Crippen MR) is 130 cm³/mol. The molecular formula is C27H28ClF3N2O. The first-order valence-corrected chi connectivity index (χ1v) is 11.5. The standard InChI is InChI=1S/C27H27F3N2O.ClH/c28-19-5-3-18(4-6-19)27(33)2-1-14-31-15-13-26-24(17-31)23-16-21(30)9-12-25(23)32(26)22-10-7-20(29)8-11-22;/h3-12,16,24,26-27,33H,1-2,13-15,17H2;1H/t24?,26?,27-;/m1./s1. The highest BCUT2D eigenvalue weighted by molar-refractivity contribution is 5.85. The molecule has 34 heavy (non-hydrogen) atoms. The molecule has 0 radical (unpaired) electrons. The molecule has 180 valence electrons. The van der Waals surface area contributed by atoms with Crippen molar-refractivity contribution in [2.45, 2.75) is 37.3 Å². The normalized spacial score (nSPS) is 20.4. The number of nitrogens with zero attached hydrogens (tertiary/aromatic N) is 2. The monoisotopic (exact) mass is 488 g/mol. The molecule has 2 unspecified atom stereocenters. The van der Waals surface area contributed by atoms with Gasteiger partial charge in [0.1, 0.15) is 17.5 Å². The van der Waals surface area contributed by atoms with Crippen LogP contribution in [0.2, 0.25) is 0 Å². The van der Waals surface area contributed by atoms with Crippen LogP contribution in [0.25, 0.3) is 0 Å². The maximum absolute atomic E-state index is 14.1. The van der Waals surface area contributed by atoms with Crippen molar-refractivity contribution in [2.24, 2.45) is 0 Å². The Morgan fingerprint density at radius 3 is 2.24 bits per heavy atom. The van der Waals surface area contributed by atoms with Gasteiger partial charge in [0.05, 0.1) is 6.10 Å². The van der Waals surface area contributed by atoms with E-state index in [4.69, 9.17) is 0 Å². The minimum atomic E-state index is -0.613. The van der Waals surface area contributed by atoms with Gasteiger partial charge >= 0.3 is 0 Å². The zero-order valence-corrected chi connectivity index (χ0v) is 19.5. The lowest BCUT2D eigenvalue weighted by molar-refractivity contribution is 0.145. The van der Waals surface area contributed by atoms with Crippen molar-refractivity contribution < 1.29 is 18.3 Å². The van der Waals surface area contributed by atoms with Gasteiger partial charge in [0, 0.05) is 36.4 Å². The van der Waals surface area contributed by atoms with Crippen molar-refractivity contribution in [3.05, 3.63) is 95.3 Å². The molecule has 7 heteroatoms. The average molecular weight is 489 g/mol. The number of anilines is 2. The molecule has 2 aliphatic rings.